The van der Waals surface area contributed by atoms with Crippen molar-refractivity contribution in [1.82, 2.24) is 4.90 Å². The van der Waals surface area contributed by atoms with Crippen LogP contribution < -0.4 is 0 Å². The standard InChI is InChI=1S/C13H17ClFNO/c1-3-16(8-4-7-14)13(17)11-9-10(2)5-6-12(11)15/h5-6,9H,3-4,7-8H2,1-2H3. The van der Waals surface area contributed by atoms with Crippen molar-refractivity contribution in [2.45, 2.75) is 20.3 Å². The van der Waals surface area contributed by atoms with Gasteiger partial charge in [0.15, 0.2) is 0 Å². The Morgan fingerprint density at radius 2 is 2.18 bits per heavy atom. The second kappa shape index (κ2) is 6.60. The van der Waals surface area contributed by atoms with E-state index in [1.165, 1.54) is 6.07 Å². The van der Waals surface area contributed by atoms with Crippen LogP contribution in [0.4, 0.5) is 4.39 Å². The highest BCUT2D eigenvalue weighted by atomic mass is 35.5. The second-order valence-electron chi connectivity index (χ2n) is 3.91. The number of halogens is 2. The normalized spacial score (nSPS) is 10.4. The van der Waals surface area contributed by atoms with Crippen LogP contribution in [0.3, 0.4) is 0 Å². The van der Waals surface area contributed by atoms with E-state index in [0.29, 0.717) is 25.4 Å². The predicted octanol–water partition coefficient (Wildman–Crippen LogP) is 3.23. The van der Waals surface area contributed by atoms with Crippen LogP contribution >= 0.6 is 11.6 Å². The van der Waals surface area contributed by atoms with Gasteiger partial charge in [0.1, 0.15) is 5.82 Å². The number of nitrogens with zero attached hydrogens (tertiary/aromatic N) is 1. The fourth-order valence-electron chi connectivity index (χ4n) is 1.63. The lowest BCUT2D eigenvalue weighted by atomic mass is 10.1. The van der Waals surface area contributed by atoms with E-state index in [1.807, 2.05) is 13.8 Å². The van der Waals surface area contributed by atoms with Crippen LogP contribution in [0, 0.1) is 12.7 Å². The molecule has 94 valence electrons. The van der Waals surface area contributed by atoms with E-state index in [-0.39, 0.29) is 11.5 Å². The number of hydrogen-bond acceptors (Lipinski definition) is 1. The summed E-state index contributed by atoms with van der Waals surface area (Å²) in [6.45, 7) is 4.83. The van der Waals surface area contributed by atoms with Crippen molar-refractivity contribution in [3.8, 4) is 0 Å². The molecule has 4 heteroatoms. The zero-order valence-corrected chi connectivity index (χ0v) is 10.9. The molecular formula is C13H17ClFNO. The zero-order valence-electron chi connectivity index (χ0n) is 10.2. The zero-order chi connectivity index (χ0) is 12.8. The summed E-state index contributed by atoms with van der Waals surface area (Å²) in [6.07, 6.45) is 0.717. The first kappa shape index (κ1) is 14.0. The second-order valence-corrected chi connectivity index (χ2v) is 4.29. The van der Waals surface area contributed by atoms with Crippen LogP contribution in [-0.4, -0.2) is 29.8 Å². The third kappa shape index (κ3) is 3.70. The van der Waals surface area contributed by atoms with Crippen molar-refractivity contribution in [3.05, 3.63) is 35.1 Å². The van der Waals surface area contributed by atoms with Crippen LogP contribution in [0.5, 0.6) is 0 Å². The third-order valence-electron chi connectivity index (χ3n) is 2.58. The van der Waals surface area contributed by atoms with Crippen LogP contribution in [0.15, 0.2) is 18.2 Å². The minimum atomic E-state index is -0.468. The summed E-state index contributed by atoms with van der Waals surface area (Å²) in [7, 11) is 0. The summed E-state index contributed by atoms with van der Waals surface area (Å²) >= 11 is 5.60. The molecule has 0 bridgehead atoms. The Labute approximate surface area is 106 Å². The monoisotopic (exact) mass is 257 g/mol. The first-order valence-electron chi connectivity index (χ1n) is 5.71. The van der Waals surface area contributed by atoms with E-state index < -0.39 is 5.82 Å². The van der Waals surface area contributed by atoms with Crippen LogP contribution in [0.25, 0.3) is 0 Å². The molecule has 0 heterocycles. The molecule has 1 aromatic rings. The predicted molar refractivity (Wildman–Crippen MR) is 68.1 cm³/mol. The van der Waals surface area contributed by atoms with E-state index in [0.717, 1.165) is 5.56 Å². The van der Waals surface area contributed by atoms with Crippen molar-refractivity contribution < 1.29 is 9.18 Å². The molecule has 1 rings (SSSR count). The molecule has 0 spiro atoms. The maximum Gasteiger partial charge on any atom is 0.256 e. The Bertz CT molecular complexity index is 395. The Balaban J connectivity index is 2.89. The number of amides is 1. The highest BCUT2D eigenvalue weighted by Crippen LogP contribution is 2.13. The average Bonchev–Trinajstić information content (AvgIpc) is 2.33. The molecule has 0 saturated heterocycles. The van der Waals surface area contributed by atoms with Gasteiger partial charge in [-0.15, -0.1) is 11.6 Å². The molecular weight excluding hydrogens is 241 g/mol. The van der Waals surface area contributed by atoms with Crippen molar-refractivity contribution in [2.75, 3.05) is 19.0 Å². The molecule has 0 aromatic heterocycles. The van der Waals surface area contributed by atoms with Crippen molar-refractivity contribution in [3.63, 3.8) is 0 Å². The van der Waals surface area contributed by atoms with E-state index in [1.54, 1.807) is 17.0 Å². The number of rotatable bonds is 5. The minimum absolute atomic E-state index is 0.140. The quantitative estimate of drug-likeness (QED) is 0.742. The van der Waals surface area contributed by atoms with E-state index in [4.69, 9.17) is 11.6 Å². The lowest BCUT2D eigenvalue weighted by Crippen LogP contribution is -2.32. The van der Waals surface area contributed by atoms with E-state index >= 15 is 0 Å². The fraction of sp³-hybridized carbons (Fsp3) is 0.462. The first-order chi connectivity index (χ1) is 8.10. The average molecular weight is 258 g/mol. The largest absolute Gasteiger partial charge is 0.339 e. The SMILES string of the molecule is CCN(CCCCl)C(=O)c1cc(C)ccc1F. The summed E-state index contributed by atoms with van der Waals surface area (Å²) in [5.74, 6) is -0.233. The Morgan fingerprint density at radius 3 is 2.76 bits per heavy atom. The van der Waals surface area contributed by atoms with Gasteiger partial charge in [0.2, 0.25) is 0 Å². The Morgan fingerprint density at radius 1 is 1.47 bits per heavy atom. The van der Waals surface area contributed by atoms with Gasteiger partial charge >= 0.3 is 0 Å². The van der Waals surface area contributed by atoms with Crippen molar-refractivity contribution >= 4 is 17.5 Å². The highest BCUT2D eigenvalue weighted by Gasteiger charge is 2.17. The smallest absolute Gasteiger partial charge is 0.256 e. The topological polar surface area (TPSA) is 20.3 Å². The third-order valence-corrected chi connectivity index (χ3v) is 2.85. The summed E-state index contributed by atoms with van der Waals surface area (Å²) in [5.41, 5.74) is 1.02. The van der Waals surface area contributed by atoms with Gasteiger partial charge in [-0.25, -0.2) is 4.39 Å². The van der Waals surface area contributed by atoms with Gasteiger partial charge in [0.25, 0.3) is 5.91 Å². The number of carbonyl (C=O) groups excluding carboxylic acids is 1. The first-order valence-corrected chi connectivity index (χ1v) is 6.25. The van der Waals surface area contributed by atoms with Gasteiger partial charge in [-0.2, -0.15) is 0 Å². The number of aryl methyl sites for hydroxylation is 1. The fourth-order valence-corrected chi connectivity index (χ4v) is 1.75. The van der Waals surface area contributed by atoms with Crippen LogP contribution in [0.2, 0.25) is 0 Å². The molecule has 0 saturated carbocycles. The van der Waals surface area contributed by atoms with Crippen molar-refractivity contribution in [2.24, 2.45) is 0 Å². The molecule has 0 N–H and O–H groups in total. The molecule has 0 atom stereocenters. The summed E-state index contributed by atoms with van der Waals surface area (Å²) in [4.78, 5) is 13.7. The molecule has 0 aliphatic carbocycles. The van der Waals surface area contributed by atoms with Gasteiger partial charge in [-0.3, -0.25) is 4.79 Å². The Kier molecular flexibility index (Phi) is 5.42. The van der Waals surface area contributed by atoms with Gasteiger partial charge in [-0.05, 0) is 32.4 Å². The molecule has 0 radical (unpaired) electrons. The number of benzene rings is 1. The maximum atomic E-state index is 13.6. The molecule has 1 aromatic carbocycles. The van der Waals surface area contributed by atoms with Gasteiger partial charge in [0.05, 0.1) is 5.56 Å². The van der Waals surface area contributed by atoms with Crippen molar-refractivity contribution in [1.29, 1.82) is 0 Å². The molecule has 17 heavy (non-hydrogen) atoms. The number of carbonyl (C=O) groups is 1. The molecule has 2 nitrogen and oxygen atoms in total. The van der Waals surface area contributed by atoms with Gasteiger partial charge in [-0.1, -0.05) is 11.6 Å². The van der Waals surface area contributed by atoms with Gasteiger partial charge < -0.3 is 4.90 Å². The minimum Gasteiger partial charge on any atom is -0.339 e. The molecule has 0 unspecified atom stereocenters. The summed E-state index contributed by atoms with van der Waals surface area (Å²) < 4.78 is 13.6. The lowest BCUT2D eigenvalue weighted by Gasteiger charge is -2.20. The maximum absolute atomic E-state index is 13.6. The van der Waals surface area contributed by atoms with E-state index in [9.17, 15) is 9.18 Å². The summed E-state index contributed by atoms with van der Waals surface area (Å²) in [6, 6.07) is 4.57. The molecule has 1 amide bonds. The van der Waals surface area contributed by atoms with E-state index in [2.05, 4.69) is 0 Å². The summed E-state index contributed by atoms with van der Waals surface area (Å²) in [5, 5.41) is 0. The molecule has 0 fully saturated rings. The lowest BCUT2D eigenvalue weighted by molar-refractivity contribution is 0.0760. The molecule has 0 aliphatic heterocycles. The van der Waals surface area contributed by atoms with Crippen LogP contribution in [0.1, 0.15) is 29.3 Å². The highest BCUT2D eigenvalue weighted by molar-refractivity contribution is 6.17. The molecule has 0 aliphatic rings. The van der Waals surface area contributed by atoms with Gasteiger partial charge in [0, 0.05) is 19.0 Å². The number of alkyl halides is 1. The van der Waals surface area contributed by atoms with Crippen LogP contribution in [-0.2, 0) is 0 Å². The number of hydrogen-bond donors (Lipinski definition) is 0. The Hall–Kier alpha value is -1.09.